The molecule has 0 aromatic heterocycles. The first-order valence-corrected chi connectivity index (χ1v) is 7.72. The molecule has 0 aliphatic rings. The third-order valence-corrected chi connectivity index (χ3v) is 3.71. The second kappa shape index (κ2) is 9.11. The van der Waals surface area contributed by atoms with E-state index in [1.54, 1.807) is 0 Å². The highest BCUT2D eigenvalue weighted by molar-refractivity contribution is 5.25. The number of likely N-dealkylation sites (N-methyl/N-ethyl adjacent to an activating group) is 1. The number of nitrogens with zero attached hydrogens (tertiary/aromatic N) is 2. The van der Waals surface area contributed by atoms with Crippen LogP contribution in [0.4, 0.5) is 0 Å². The van der Waals surface area contributed by atoms with Gasteiger partial charge in [-0.05, 0) is 50.7 Å². The van der Waals surface area contributed by atoms with Gasteiger partial charge >= 0.3 is 0 Å². The largest absolute Gasteiger partial charge is 0.330 e. The molecule has 20 heavy (non-hydrogen) atoms. The number of rotatable bonds is 9. The van der Waals surface area contributed by atoms with Crippen molar-refractivity contribution >= 4 is 0 Å². The lowest BCUT2D eigenvalue weighted by molar-refractivity contribution is 0.234. The molecule has 3 nitrogen and oxygen atoms in total. The quantitative estimate of drug-likeness (QED) is 0.753. The second-order valence-electron chi connectivity index (χ2n) is 5.96. The summed E-state index contributed by atoms with van der Waals surface area (Å²) in [6.45, 7) is 9.58. The van der Waals surface area contributed by atoms with E-state index in [9.17, 15) is 0 Å². The molecule has 2 N–H and O–H groups in total. The summed E-state index contributed by atoms with van der Waals surface area (Å²) in [5.41, 5.74) is 8.45. The first-order valence-electron chi connectivity index (χ1n) is 7.72. The SMILES string of the molecule is CCCN(CCN(C)C)Cc1ccc(C(C)CN)cc1. The van der Waals surface area contributed by atoms with Crippen molar-refractivity contribution in [2.24, 2.45) is 5.73 Å². The smallest absolute Gasteiger partial charge is 0.0234 e. The Morgan fingerprint density at radius 3 is 2.20 bits per heavy atom. The maximum absolute atomic E-state index is 5.72. The molecular formula is C17H31N3. The third kappa shape index (κ3) is 6.04. The van der Waals surface area contributed by atoms with E-state index in [0.29, 0.717) is 12.5 Å². The predicted molar refractivity (Wildman–Crippen MR) is 88.0 cm³/mol. The molecule has 0 heterocycles. The Kier molecular flexibility index (Phi) is 7.82. The van der Waals surface area contributed by atoms with Crippen molar-refractivity contribution < 1.29 is 0 Å². The van der Waals surface area contributed by atoms with Crippen molar-refractivity contribution in [1.29, 1.82) is 0 Å². The summed E-state index contributed by atoms with van der Waals surface area (Å²) in [4.78, 5) is 4.77. The van der Waals surface area contributed by atoms with Crippen LogP contribution < -0.4 is 5.73 Å². The van der Waals surface area contributed by atoms with E-state index in [4.69, 9.17) is 5.73 Å². The maximum atomic E-state index is 5.72. The number of hydrogen-bond donors (Lipinski definition) is 1. The van der Waals surface area contributed by atoms with E-state index in [1.165, 1.54) is 17.5 Å². The standard InChI is InChI=1S/C17H31N3/c1-5-10-20(12-11-19(3)4)14-16-6-8-17(9-7-16)15(2)13-18/h6-9,15H,5,10-14,18H2,1-4H3. The Bertz CT molecular complexity index is 359. The Morgan fingerprint density at radius 2 is 1.70 bits per heavy atom. The average Bonchev–Trinajstić information content (AvgIpc) is 2.45. The number of benzene rings is 1. The van der Waals surface area contributed by atoms with Crippen LogP contribution in [0.3, 0.4) is 0 Å². The van der Waals surface area contributed by atoms with E-state index in [0.717, 1.165) is 26.2 Å². The minimum atomic E-state index is 0.449. The van der Waals surface area contributed by atoms with Crippen molar-refractivity contribution in [3.05, 3.63) is 35.4 Å². The van der Waals surface area contributed by atoms with Gasteiger partial charge in [-0.2, -0.15) is 0 Å². The lowest BCUT2D eigenvalue weighted by atomic mass is 10.00. The zero-order chi connectivity index (χ0) is 15.0. The summed E-state index contributed by atoms with van der Waals surface area (Å²) in [5.74, 6) is 0.449. The molecule has 114 valence electrons. The van der Waals surface area contributed by atoms with Crippen molar-refractivity contribution in [3.8, 4) is 0 Å². The summed E-state index contributed by atoms with van der Waals surface area (Å²) in [5, 5.41) is 0. The highest BCUT2D eigenvalue weighted by Gasteiger charge is 2.07. The molecule has 0 radical (unpaired) electrons. The lowest BCUT2D eigenvalue weighted by Gasteiger charge is -2.24. The second-order valence-corrected chi connectivity index (χ2v) is 5.96. The van der Waals surface area contributed by atoms with Crippen LogP contribution in [-0.4, -0.2) is 50.1 Å². The molecular weight excluding hydrogens is 246 g/mol. The van der Waals surface area contributed by atoms with E-state index in [-0.39, 0.29) is 0 Å². The summed E-state index contributed by atoms with van der Waals surface area (Å²) in [6.07, 6.45) is 1.20. The summed E-state index contributed by atoms with van der Waals surface area (Å²) in [7, 11) is 4.26. The summed E-state index contributed by atoms with van der Waals surface area (Å²) >= 11 is 0. The fraction of sp³-hybridized carbons (Fsp3) is 0.647. The Balaban J connectivity index is 2.59. The van der Waals surface area contributed by atoms with Gasteiger partial charge in [0.15, 0.2) is 0 Å². The number of hydrogen-bond acceptors (Lipinski definition) is 3. The molecule has 1 atom stereocenters. The maximum Gasteiger partial charge on any atom is 0.0234 e. The monoisotopic (exact) mass is 277 g/mol. The lowest BCUT2D eigenvalue weighted by Crippen LogP contribution is -2.32. The minimum absolute atomic E-state index is 0.449. The molecule has 0 spiro atoms. The highest BCUT2D eigenvalue weighted by atomic mass is 15.2. The van der Waals surface area contributed by atoms with Gasteiger partial charge in [0, 0.05) is 19.6 Å². The predicted octanol–water partition coefficient (Wildman–Crippen LogP) is 2.52. The van der Waals surface area contributed by atoms with E-state index >= 15 is 0 Å². The Hall–Kier alpha value is -0.900. The first kappa shape index (κ1) is 17.2. The van der Waals surface area contributed by atoms with Crippen molar-refractivity contribution in [2.45, 2.75) is 32.7 Å². The molecule has 0 aliphatic carbocycles. The molecule has 0 bridgehead atoms. The fourth-order valence-corrected chi connectivity index (χ4v) is 2.27. The van der Waals surface area contributed by atoms with Crippen molar-refractivity contribution in [1.82, 2.24) is 9.80 Å². The molecule has 0 saturated heterocycles. The summed E-state index contributed by atoms with van der Waals surface area (Å²) < 4.78 is 0. The van der Waals surface area contributed by atoms with Crippen LogP contribution in [0.5, 0.6) is 0 Å². The van der Waals surface area contributed by atoms with Crippen molar-refractivity contribution in [3.63, 3.8) is 0 Å². The van der Waals surface area contributed by atoms with Crippen LogP contribution in [0.2, 0.25) is 0 Å². The highest BCUT2D eigenvalue weighted by Crippen LogP contribution is 2.15. The van der Waals surface area contributed by atoms with Crippen LogP contribution >= 0.6 is 0 Å². The van der Waals surface area contributed by atoms with E-state index < -0.39 is 0 Å². The zero-order valence-electron chi connectivity index (χ0n) is 13.6. The molecule has 1 unspecified atom stereocenters. The number of nitrogens with two attached hydrogens (primary N) is 1. The van der Waals surface area contributed by atoms with Gasteiger partial charge in [-0.25, -0.2) is 0 Å². The van der Waals surface area contributed by atoms with Gasteiger partial charge in [-0.1, -0.05) is 38.1 Å². The first-order chi connectivity index (χ1) is 9.56. The van der Waals surface area contributed by atoms with Gasteiger partial charge in [0.25, 0.3) is 0 Å². The fourth-order valence-electron chi connectivity index (χ4n) is 2.27. The zero-order valence-corrected chi connectivity index (χ0v) is 13.6. The normalized spacial score (nSPS) is 13.2. The van der Waals surface area contributed by atoms with Gasteiger partial charge in [-0.15, -0.1) is 0 Å². The molecule has 3 heteroatoms. The van der Waals surface area contributed by atoms with E-state index in [1.807, 2.05) is 0 Å². The van der Waals surface area contributed by atoms with Crippen LogP contribution in [0.15, 0.2) is 24.3 Å². The van der Waals surface area contributed by atoms with Crippen LogP contribution in [-0.2, 0) is 6.54 Å². The Morgan fingerprint density at radius 1 is 1.05 bits per heavy atom. The molecule has 0 saturated carbocycles. The summed E-state index contributed by atoms with van der Waals surface area (Å²) in [6, 6.07) is 8.95. The van der Waals surface area contributed by atoms with Gasteiger partial charge in [0.2, 0.25) is 0 Å². The van der Waals surface area contributed by atoms with E-state index in [2.05, 4.69) is 62.0 Å². The van der Waals surface area contributed by atoms with Gasteiger partial charge in [-0.3, -0.25) is 4.90 Å². The van der Waals surface area contributed by atoms with Gasteiger partial charge in [0.05, 0.1) is 0 Å². The molecule has 1 aromatic carbocycles. The molecule has 0 amide bonds. The van der Waals surface area contributed by atoms with Gasteiger partial charge in [0.1, 0.15) is 0 Å². The topological polar surface area (TPSA) is 32.5 Å². The van der Waals surface area contributed by atoms with Crippen LogP contribution in [0, 0.1) is 0 Å². The molecule has 0 aliphatic heterocycles. The third-order valence-electron chi connectivity index (χ3n) is 3.71. The molecule has 1 rings (SSSR count). The molecule has 0 fully saturated rings. The minimum Gasteiger partial charge on any atom is -0.330 e. The molecule has 1 aromatic rings. The Labute approximate surface area is 124 Å². The van der Waals surface area contributed by atoms with Crippen molar-refractivity contribution in [2.75, 3.05) is 40.3 Å². The van der Waals surface area contributed by atoms with Gasteiger partial charge < -0.3 is 10.6 Å². The average molecular weight is 277 g/mol. The van der Waals surface area contributed by atoms with Crippen LogP contribution in [0.25, 0.3) is 0 Å². The van der Waals surface area contributed by atoms with Crippen LogP contribution in [0.1, 0.15) is 37.3 Å².